The highest BCUT2D eigenvalue weighted by molar-refractivity contribution is 5.89. The van der Waals surface area contributed by atoms with Crippen molar-refractivity contribution in [2.24, 2.45) is 0 Å². The minimum atomic E-state index is -0.801. The van der Waals surface area contributed by atoms with Crippen molar-refractivity contribution in [2.45, 2.75) is 33.3 Å². The molecule has 0 fully saturated rings. The van der Waals surface area contributed by atoms with Crippen LogP contribution in [0.5, 0.6) is 11.5 Å². The maximum absolute atomic E-state index is 12.1. The zero-order chi connectivity index (χ0) is 21.2. The molecule has 8 heteroatoms. The molecule has 0 aliphatic carbocycles. The minimum Gasteiger partial charge on any atom is -0.494 e. The Morgan fingerprint density at radius 1 is 0.931 bits per heavy atom. The normalized spacial score (nSPS) is 11.1. The molecule has 1 atom stereocenters. The topological polar surface area (TPSA) is 106 Å². The van der Waals surface area contributed by atoms with E-state index >= 15 is 0 Å². The molecule has 0 saturated heterocycles. The molecule has 0 saturated carbocycles. The molecule has 0 bridgehead atoms. The van der Waals surface area contributed by atoms with Crippen LogP contribution in [0.25, 0.3) is 0 Å². The molecule has 0 radical (unpaired) electrons. The fourth-order valence-electron chi connectivity index (χ4n) is 2.41. The van der Waals surface area contributed by atoms with Gasteiger partial charge in [-0.1, -0.05) is 12.1 Å². The smallest absolute Gasteiger partial charge is 0.279 e. The molecule has 154 valence electrons. The summed E-state index contributed by atoms with van der Waals surface area (Å²) in [5, 5.41) is 2.65. The second-order valence-electron chi connectivity index (χ2n) is 6.26. The number of carbonyl (C=O) groups excluding carboxylic acids is 3. The number of hydrogen-bond donors (Lipinski definition) is 3. The van der Waals surface area contributed by atoms with Crippen molar-refractivity contribution < 1.29 is 23.9 Å². The van der Waals surface area contributed by atoms with Crippen LogP contribution >= 0.6 is 0 Å². The molecule has 2 aromatic rings. The van der Waals surface area contributed by atoms with Gasteiger partial charge in [0.25, 0.3) is 5.91 Å². The first kappa shape index (κ1) is 21.7. The van der Waals surface area contributed by atoms with Gasteiger partial charge in [-0.05, 0) is 55.8 Å². The third-order valence-corrected chi connectivity index (χ3v) is 3.78. The molecule has 0 heterocycles. The van der Waals surface area contributed by atoms with E-state index in [-0.39, 0.29) is 18.2 Å². The first-order valence-electron chi connectivity index (χ1n) is 9.22. The molecule has 0 aliphatic rings. The number of hydrazine groups is 1. The van der Waals surface area contributed by atoms with Gasteiger partial charge in [0, 0.05) is 12.6 Å². The van der Waals surface area contributed by atoms with Crippen molar-refractivity contribution in [3.05, 3.63) is 54.1 Å². The van der Waals surface area contributed by atoms with Crippen molar-refractivity contribution in [1.82, 2.24) is 10.9 Å². The van der Waals surface area contributed by atoms with E-state index in [1.807, 2.05) is 6.92 Å². The van der Waals surface area contributed by atoms with Gasteiger partial charge in [0.15, 0.2) is 6.10 Å². The molecule has 0 unspecified atom stereocenters. The Balaban J connectivity index is 1.76. The molecule has 29 heavy (non-hydrogen) atoms. The molecule has 3 N–H and O–H groups in total. The zero-order valence-corrected chi connectivity index (χ0v) is 16.7. The van der Waals surface area contributed by atoms with Gasteiger partial charge in [-0.3, -0.25) is 25.2 Å². The molecule has 0 aliphatic heterocycles. The molecule has 0 aromatic heterocycles. The van der Waals surface area contributed by atoms with Gasteiger partial charge >= 0.3 is 0 Å². The maximum atomic E-state index is 12.1. The van der Waals surface area contributed by atoms with Crippen LogP contribution in [0.3, 0.4) is 0 Å². The van der Waals surface area contributed by atoms with Crippen molar-refractivity contribution in [3.8, 4) is 11.5 Å². The summed E-state index contributed by atoms with van der Waals surface area (Å²) in [5.41, 5.74) is 6.10. The maximum Gasteiger partial charge on any atom is 0.279 e. The Hall–Kier alpha value is -3.55. The van der Waals surface area contributed by atoms with Crippen LogP contribution in [0.1, 0.15) is 26.3 Å². The summed E-state index contributed by atoms with van der Waals surface area (Å²) in [7, 11) is 0. The summed E-state index contributed by atoms with van der Waals surface area (Å²) < 4.78 is 10.9. The molecule has 2 aromatic carbocycles. The molecule has 8 nitrogen and oxygen atoms in total. The first-order valence-corrected chi connectivity index (χ1v) is 9.22. The Morgan fingerprint density at radius 3 is 2.14 bits per heavy atom. The van der Waals surface area contributed by atoms with E-state index in [1.54, 1.807) is 55.5 Å². The molecule has 2 rings (SSSR count). The summed E-state index contributed by atoms with van der Waals surface area (Å²) in [6.07, 6.45) is -0.723. The van der Waals surface area contributed by atoms with E-state index in [2.05, 4.69) is 16.2 Å². The fourth-order valence-corrected chi connectivity index (χ4v) is 2.41. The Labute approximate surface area is 169 Å². The van der Waals surface area contributed by atoms with Gasteiger partial charge in [-0.2, -0.15) is 0 Å². The standard InChI is InChI=1S/C21H25N3O5/c1-4-28-18-9-11-19(12-10-18)29-14(2)21(27)24-23-20(26)13-16-5-7-17(8-6-16)22-15(3)25/h5-12,14H,4,13H2,1-3H3,(H,22,25)(H,23,26)(H,24,27)/t14-/m0/s1. The van der Waals surface area contributed by atoms with Crippen LogP contribution in [-0.2, 0) is 20.8 Å². The first-order chi connectivity index (χ1) is 13.9. The number of benzene rings is 2. The van der Waals surface area contributed by atoms with Crippen LogP contribution < -0.4 is 25.6 Å². The molecule has 0 spiro atoms. The van der Waals surface area contributed by atoms with Crippen LogP contribution in [-0.4, -0.2) is 30.4 Å². The molecular weight excluding hydrogens is 374 g/mol. The number of rotatable bonds is 8. The SMILES string of the molecule is CCOc1ccc(O[C@@H](C)C(=O)NNC(=O)Cc2ccc(NC(C)=O)cc2)cc1. The van der Waals surface area contributed by atoms with E-state index in [0.29, 0.717) is 23.8 Å². The lowest BCUT2D eigenvalue weighted by atomic mass is 10.1. The summed E-state index contributed by atoms with van der Waals surface area (Å²) >= 11 is 0. The Kier molecular flexibility index (Phi) is 8.02. The zero-order valence-electron chi connectivity index (χ0n) is 16.7. The third kappa shape index (κ3) is 7.53. The highest BCUT2D eigenvalue weighted by Gasteiger charge is 2.15. The molecular formula is C21H25N3O5. The van der Waals surface area contributed by atoms with E-state index in [1.165, 1.54) is 6.92 Å². The predicted molar refractivity (Wildman–Crippen MR) is 108 cm³/mol. The van der Waals surface area contributed by atoms with Crippen LogP contribution in [0, 0.1) is 0 Å². The number of nitrogens with one attached hydrogen (secondary N) is 3. The summed E-state index contributed by atoms with van der Waals surface area (Å²) in [6.45, 7) is 5.47. The number of amides is 3. The highest BCUT2D eigenvalue weighted by Crippen LogP contribution is 2.18. The average molecular weight is 399 g/mol. The average Bonchev–Trinajstić information content (AvgIpc) is 2.69. The second-order valence-corrected chi connectivity index (χ2v) is 6.26. The van der Waals surface area contributed by atoms with Gasteiger partial charge in [0.1, 0.15) is 11.5 Å². The Bertz CT molecular complexity index is 834. The minimum absolute atomic E-state index is 0.0781. The second kappa shape index (κ2) is 10.7. The number of carbonyl (C=O) groups is 3. The van der Waals surface area contributed by atoms with E-state index < -0.39 is 12.0 Å². The lowest BCUT2D eigenvalue weighted by Gasteiger charge is -2.15. The lowest BCUT2D eigenvalue weighted by Crippen LogP contribution is -2.47. The van der Waals surface area contributed by atoms with Crippen molar-refractivity contribution in [2.75, 3.05) is 11.9 Å². The number of hydrogen-bond acceptors (Lipinski definition) is 5. The summed E-state index contributed by atoms with van der Waals surface area (Å²) in [6, 6.07) is 13.8. The van der Waals surface area contributed by atoms with E-state index in [0.717, 1.165) is 5.56 Å². The quantitative estimate of drug-likeness (QED) is 0.590. The third-order valence-electron chi connectivity index (χ3n) is 3.78. The fraction of sp³-hybridized carbons (Fsp3) is 0.286. The summed E-state index contributed by atoms with van der Waals surface area (Å²) in [4.78, 5) is 35.1. The lowest BCUT2D eigenvalue weighted by molar-refractivity contribution is -0.132. The van der Waals surface area contributed by atoms with Crippen LogP contribution in [0.15, 0.2) is 48.5 Å². The van der Waals surface area contributed by atoms with Crippen molar-refractivity contribution in [1.29, 1.82) is 0 Å². The van der Waals surface area contributed by atoms with Gasteiger partial charge in [-0.15, -0.1) is 0 Å². The van der Waals surface area contributed by atoms with E-state index in [9.17, 15) is 14.4 Å². The highest BCUT2D eigenvalue weighted by atomic mass is 16.5. The van der Waals surface area contributed by atoms with Crippen LogP contribution in [0.2, 0.25) is 0 Å². The number of anilines is 1. The predicted octanol–water partition coefficient (Wildman–Crippen LogP) is 2.20. The van der Waals surface area contributed by atoms with Crippen molar-refractivity contribution >= 4 is 23.4 Å². The summed E-state index contributed by atoms with van der Waals surface area (Å²) in [5.74, 6) is 0.211. The number of ether oxygens (including phenoxy) is 2. The van der Waals surface area contributed by atoms with Gasteiger partial charge in [-0.25, -0.2) is 0 Å². The van der Waals surface area contributed by atoms with Gasteiger partial charge in [0.05, 0.1) is 13.0 Å². The van der Waals surface area contributed by atoms with E-state index in [4.69, 9.17) is 9.47 Å². The largest absolute Gasteiger partial charge is 0.494 e. The monoisotopic (exact) mass is 399 g/mol. The van der Waals surface area contributed by atoms with Crippen LogP contribution in [0.4, 0.5) is 5.69 Å². The molecule has 3 amide bonds. The Morgan fingerprint density at radius 2 is 1.55 bits per heavy atom. The van der Waals surface area contributed by atoms with Gasteiger partial charge < -0.3 is 14.8 Å². The van der Waals surface area contributed by atoms with Gasteiger partial charge in [0.2, 0.25) is 11.8 Å². The van der Waals surface area contributed by atoms with Crippen molar-refractivity contribution in [3.63, 3.8) is 0 Å².